The van der Waals surface area contributed by atoms with E-state index in [-0.39, 0.29) is 5.41 Å². The van der Waals surface area contributed by atoms with Crippen molar-refractivity contribution in [1.82, 2.24) is 0 Å². The molecule has 4 saturated carbocycles. The van der Waals surface area contributed by atoms with Crippen LogP contribution in [-0.4, -0.2) is 16.9 Å². The Labute approximate surface area is 172 Å². The molecule has 1 N–H and O–H groups in total. The quantitative estimate of drug-likeness (QED) is 0.596. The number of carboxylic acids is 1. The summed E-state index contributed by atoms with van der Waals surface area (Å²) in [5.41, 5.74) is 0.673. The summed E-state index contributed by atoms with van der Waals surface area (Å²) in [7, 11) is 0. The molecule has 4 aliphatic carbocycles. The molecule has 0 aromatic carbocycles. The molecule has 0 bridgehead atoms. The molecule has 0 aromatic rings. The fourth-order valence-electron chi connectivity index (χ4n) is 8.04. The van der Waals surface area contributed by atoms with Crippen molar-refractivity contribution in [3.63, 3.8) is 0 Å². The van der Waals surface area contributed by atoms with E-state index in [1.165, 1.54) is 51.4 Å². The summed E-state index contributed by atoms with van der Waals surface area (Å²) >= 11 is 0. The van der Waals surface area contributed by atoms with Crippen molar-refractivity contribution in [2.75, 3.05) is 0 Å². The van der Waals surface area contributed by atoms with Gasteiger partial charge in [-0.2, -0.15) is 0 Å². The van der Waals surface area contributed by atoms with Crippen LogP contribution in [-0.2, 0) is 9.59 Å². The Hall–Kier alpha value is -0.860. The summed E-state index contributed by atoms with van der Waals surface area (Å²) in [6, 6.07) is 0. The molecule has 0 saturated heterocycles. The summed E-state index contributed by atoms with van der Waals surface area (Å²) < 4.78 is 0. The third-order valence-electron chi connectivity index (χ3n) is 9.53. The van der Waals surface area contributed by atoms with E-state index in [0.29, 0.717) is 47.2 Å². The van der Waals surface area contributed by atoms with Gasteiger partial charge in [-0.25, -0.2) is 0 Å². The third-order valence-corrected chi connectivity index (χ3v) is 9.53. The number of carboxylic acid groups (broad SMARTS) is 1. The average molecular weight is 391 g/mol. The lowest BCUT2D eigenvalue weighted by molar-refractivity contribution is -0.155. The number of carbonyl (C=O) groups excluding carboxylic acids is 1. The number of ketones is 1. The fraction of sp³-hybridized carbons (Fsp3) is 0.920. The number of fused-ring (bicyclic) bond motifs is 5. The van der Waals surface area contributed by atoms with Gasteiger partial charge in [0.1, 0.15) is 5.78 Å². The molecule has 160 valence electrons. The van der Waals surface area contributed by atoms with Crippen LogP contribution in [0, 0.1) is 40.4 Å². The predicted molar refractivity (Wildman–Crippen MR) is 113 cm³/mol. The first-order valence-corrected chi connectivity index (χ1v) is 12.1. The van der Waals surface area contributed by atoms with E-state index < -0.39 is 5.97 Å². The molecular formula is C25H42O3. The summed E-state index contributed by atoms with van der Waals surface area (Å²) in [6.45, 7) is 8.96. The van der Waals surface area contributed by atoms with Crippen LogP contribution in [0.15, 0.2) is 0 Å². The summed E-state index contributed by atoms with van der Waals surface area (Å²) in [4.78, 5) is 24.1. The SMILES string of the molecule is CC.C[C@]12CCC3[C@@H](C(=O)C[C@@H]4CCCC[C@]34C)C1CCC2CCCC(=O)O. The van der Waals surface area contributed by atoms with Crippen LogP contribution in [0.2, 0.25) is 0 Å². The highest BCUT2D eigenvalue weighted by Crippen LogP contribution is 2.67. The number of carbonyl (C=O) groups is 2. The van der Waals surface area contributed by atoms with Crippen LogP contribution in [0.25, 0.3) is 0 Å². The highest BCUT2D eigenvalue weighted by Gasteiger charge is 2.61. The van der Waals surface area contributed by atoms with Gasteiger partial charge in [0, 0.05) is 18.8 Å². The van der Waals surface area contributed by atoms with Crippen LogP contribution in [0.5, 0.6) is 0 Å². The third kappa shape index (κ3) is 3.56. The van der Waals surface area contributed by atoms with Crippen LogP contribution in [0.1, 0.15) is 105 Å². The Balaban J connectivity index is 0.00000109. The van der Waals surface area contributed by atoms with Crippen molar-refractivity contribution in [3.8, 4) is 0 Å². The molecule has 0 amide bonds. The van der Waals surface area contributed by atoms with Crippen LogP contribution < -0.4 is 0 Å². The molecule has 4 rings (SSSR count). The minimum atomic E-state index is -0.674. The summed E-state index contributed by atoms with van der Waals surface area (Å²) in [6.07, 6.45) is 13.1. The zero-order valence-corrected chi connectivity index (χ0v) is 18.6. The number of Topliss-reactive ketones (excluding diaryl/α,β-unsaturated/α-hetero) is 1. The zero-order chi connectivity index (χ0) is 20.5. The van der Waals surface area contributed by atoms with E-state index in [4.69, 9.17) is 5.11 Å². The fourth-order valence-corrected chi connectivity index (χ4v) is 8.04. The van der Waals surface area contributed by atoms with E-state index >= 15 is 0 Å². The number of hydrogen-bond donors (Lipinski definition) is 1. The minimum absolute atomic E-state index is 0.271. The maximum absolute atomic E-state index is 13.2. The minimum Gasteiger partial charge on any atom is -0.481 e. The van der Waals surface area contributed by atoms with E-state index in [2.05, 4.69) is 13.8 Å². The van der Waals surface area contributed by atoms with Gasteiger partial charge in [0.05, 0.1) is 0 Å². The van der Waals surface area contributed by atoms with Gasteiger partial charge in [-0.3, -0.25) is 9.59 Å². The number of hydrogen-bond acceptors (Lipinski definition) is 2. The average Bonchev–Trinajstić information content (AvgIpc) is 3.00. The van der Waals surface area contributed by atoms with Gasteiger partial charge in [0.15, 0.2) is 0 Å². The molecule has 3 unspecified atom stereocenters. The highest BCUT2D eigenvalue weighted by atomic mass is 16.4. The van der Waals surface area contributed by atoms with Crippen molar-refractivity contribution in [1.29, 1.82) is 0 Å². The van der Waals surface area contributed by atoms with Crippen molar-refractivity contribution in [3.05, 3.63) is 0 Å². The Bertz CT molecular complexity index is 584. The first kappa shape index (κ1) is 21.8. The number of aliphatic carboxylic acids is 1. The second-order valence-corrected chi connectivity index (χ2v) is 10.5. The van der Waals surface area contributed by atoms with Gasteiger partial charge >= 0.3 is 5.97 Å². The maximum Gasteiger partial charge on any atom is 0.303 e. The van der Waals surface area contributed by atoms with Crippen molar-refractivity contribution >= 4 is 11.8 Å². The Morgan fingerprint density at radius 2 is 1.71 bits per heavy atom. The van der Waals surface area contributed by atoms with Crippen molar-refractivity contribution < 1.29 is 14.7 Å². The van der Waals surface area contributed by atoms with Crippen LogP contribution >= 0.6 is 0 Å². The molecule has 0 aliphatic heterocycles. The first-order chi connectivity index (χ1) is 13.4. The van der Waals surface area contributed by atoms with Gasteiger partial charge in [-0.15, -0.1) is 0 Å². The number of rotatable bonds is 4. The molecule has 0 aromatic heterocycles. The molecule has 28 heavy (non-hydrogen) atoms. The smallest absolute Gasteiger partial charge is 0.303 e. The van der Waals surface area contributed by atoms with Crippen LogP contribution in [0.3, 0.4) is 0 Å². The van der Waals surface area contributed by atoms with Gasteiger partial charge in [0.2, 0.25) is 0 Å². The molecule has 4 aliphatic rings. The standard InChI is InChI=1S/C23H36O3.C2H6/c1-22-12-4-3-6-16(22)14-19(24)21-17-10-9-15(7-5-8-20(25)26)23(17,2)13-11-18(21)22;1-2/h15-18,21H,3-14H2,1-2H3,(H,25,26);1-2H3/t15?,16-,17?,18?,21-,22-,23+;/m0./s1. The van der Waals surface area contributed by atoms with Crippen molar-refractivity contribution in [2.24, 2.45) is 40.4 Å². The zero-order valence-electron chi connectivity index (χ0n) is 18.6. The lowest BCUT2D eigenvalue weighted by Gasteiger charge is -2.59. The highest BCUT2D eigenvalue weighted by molar-refractivity contribution is 5.83. The Morgan fingerprint density at radius 3 is 2.43 bits per heavy atom. The van der Waals surface area contributed by atoms with Gasteiger partial charge < -0.3 is 5.11 Å². The largest absolute Gasteiger partial charge is 0.481 e. The van der Waals surface area contributed by atoms with Gasteiger partial charge in [-0.05, 0) is 85.9 Å². The van der Waals surface area contributed by atoms with Crippen LogP contribution in [0.4, 0.5) is 0 Å². The summed E-state index contributed by atoms with van der Waals surface area (Å²) in [5, 5.41) is 8.97. The molecule has 0 radical (unpaired) electrons. The van der Waals surface area contributed by atoms with E-state index in [9.17, 15) is 9.59 Å². The molecule has 7 atom stereocenters. The summed E-state index contributed by atoms with van der Waals surface area (Å²) in [5.74, 6) is 2.65. The molecular weight excluding hydrogens is 348 g/mol. The van der Waals surface area contributed by atoms with E-state index in [0.717, 1.165) is 19.3 Å². The van der Waals surface area contributed by atoms with Crippen molar-refractivity contribution in [2.45, 2.75) is 105 Å². The predicted octanol–water partition coefficient (Wildman–Crippen LogP) is 6.50. The molecule has 3 nitrogen and oxygen atoms in total. The topological polar surface area (TPSA) is 54.4 Å². The molecule has 0 heterocycles. The lowest BCUT2D eigenvalue weighted by Crippen LogP contribution is -2.56. The maximum atomic E-state index is 13.2. The second-order valence-electron chi connectivity index (χ2n) is 10.5. The van der Waals surface area contributed by atoms with Gasteiger partial charge in [0.25, 0.3) is 0 Å². The lowest BCUT2D eigenvalue weighted by atomic mass is 9.44. The monoisotopic (exact) mass is 390 g/mol. The second kappa shape index (κ2) is 8.48. The molecule has 0 spiro atoms. The van der Waals surface area contributed by atoms with E-state index in [1.54, 1.807) is 0 Å². The van der Waals surface area contributed by atoms with E-state index in [1.807, 2.05) is 13.8 Å². The molecule has 4 fully saturated rings. The Morgan fingerprint density at radius 1 is 1.00 bits per heavy atom. The molecule has 3 heteroatoms. The van der Waals surface area contributed by atoms with Gasteiger partial charge in [-0.1, -0.05) is 40.5 Å². The first-order valence-electron chi connectivity index (χ1n) is 12.1. The normalized spacial score (nSPS) is 44.6. The Kier molecular flexibility index (Phi) is 6.61.